The molecule has 2 aromatic rings. The number of anilines is 1. The third-order valence-electron chi connectivity index (χ3n) is 3.21. The number of imidazole rings is 1. The van der Waals surface area contributed by atoms with E-state index in [0.717, 1.165) is 42.2 Å². The fourth-order valence-electron chi connectivity index (χ4n) is 2.38. The molecule has 0 bridgehead atoms. The van der Waals surface area contributed by atoms with Gasteiger partial charge in [-0.15, -0.1) is 0 Å². The van der Waals surface area contributed by atoms with Crippen LogP contribution in [0.15, 0.2) is 35.1 Å². The number of hydrogen-bond donors (Lipinski definition) is 1. The maximum atomic E-state index is 5.86. The van der Waals surface area contributed by atoms with E-state index in [9.17, 15) is 0 Å². The van der Waals surface area contributed by atoms with Crippen LogP contribution in [-0.4, -0.2) is 21.0 Å². The highest BCUT2D eigenvalue weighted by Gasteiger charge is 2.16. The minimum Gasteiger partial charge on any atom is -0.399 e. The van der Waals surface area contributed by atoms with Gasteiger partial charge in [0.15, 0.2) is 0 Å². The zero-order chi connectivity index (χ0) is 12.5. The summed E-state index contributed by atoms with van der Waals surface area (Å²) in [5.41, 5.74) is 7.90. The Bertz CT molecular complexity index is 544. The minimum atomic E-state index is 0.804. The van der Waals surface area contributed by atoms with Gasteiger partial charge >= 0.3 is 0 Å². The predicted molar refractivity (Wildman–Crippen MR) is 74.9 cm³/mol. The molecule has 0 radical (unpaired) electrons. The van der Waals surface area contributed by atoms with Crippen molar-refractivity contribution in [1.29, 1.82) is 0 Å². The molecule has 0 atom stereocenters. The fourth-order valence-corrected chi connectivity index (χ4v) is 2.94. The molecule has 0 aliphatic carbocycles. The number of fused-ring (bicyclic) bond motifs is 1. The first-order chi connectivity index (χ1) is 8.70. The van der Waals surface area contributed by atoms with Crippen LogP contribution in [0, 0.1) is 0 Å². The maximum Gasteiger partial charge on any atom is 0.122 e. The molecular formula is C13H15BrN4. The number of aromatic nitrogens is 2. The van der Waals surface area contributed by atoms with E-state index in [4.69, 9.17) is 5.73 Å². The van der Waals surface area contributed by atoms with Crippen molar-refractivity contribution in [3.63, 3.8) is 0 Å². The third-order valence-corrected chi connectivity index (χ3v) is 3.67. The van der Waals surface area contributed by atoms with Crippen molar-refractivity contribution < 1.29 is 0 Å². The van der Waals surface area contributed by atoms with Crippen molar-refractivity contribution >= 4 is 21.6 Å². The summed E-state index contributed by atoms with van der Waals surface area (Å²) in [7, 11) is 0. The van der Waals surface area contributed by atoms with E-state index >= 15 is 0 Å². The van der Waals surface area contributed by atoms with Crippen molar-refractivity contribution in [2.24, 2.45) is 0 Å². The third kappa shape index (κ3) is 2.42. The zero-order valence-electron chi connectivity index (χ0n) is 10.0. The van der Waals surface area contributed by atoms with Gasteiger partial charge in [0.1, 0.15) is 5.82 Å². The van der Waals surface area contributed by atoms with Crippen LogP contribution in [0.25, 0.3) is 0 Å². The van der Waals surface area contributed by atoms with Crippen LogP contribution in [0.1, 0.15) is 11.4 Å². The predicted octanol–water partition coefficient (Wildman–Crippen LogP) is 2.24. The van der Waals surface area contributed by atoms with Crippen molar-refractivity contribution in [3.8, 4) is 0 Å². The van der Waals surface area contributed by atoms with Crippen molar-refractivity contribution in [2.75, 3.05) is 12.3 Å². The van der Waals surface area contributed by atoms with Gasteiger partial charge in [0.05, 0.1) is 6.54 Å². The van der Waals surface area contributed by atoms with Crippen LogP contribution in [0.2, 0.25) is 0 Å². The molecule has 18 heavy (non-hydrogen) atoms. The Morgan fingerprint density at radius 2 is 2.17 bits per heavy atom. The molecule has 0 amide bonds. The largest absolute Gasteiger partial charge is 0.399 e. The van der Waals surface area contributed by atoms with Gasteiger partial charge in [-0.05, 0) is 23.8 Å². The second-order valence-corrected chi connectivity index (χ2v) is 5.56. The molecule has 0 saturated carbocycles. The lowest BCUT2D eigenvalue weighted by Crippen LogP contribution is -2.33. The van der Waals surface area contributed by atoms with E-state index in [1.165, 1.54) is 5.56 Å². The number of nitrogen functional groups attached to an aromatic ring is 1. The Morgan fingerprint density at radius 1 is 1.28 bits per heavy atom. The summed E-state index contributed by atoms with van der Waals surface area (Å²) in [6.45, 7) is 3.88. The first-order valence-electron chi connectivity index (χ1n) is 5.98. The van der Waals surface area contributed by atoms with E-state index in [-0.39, 0.29) is 0 Å². The van der Waals surface area contributed by atoms with E-state index < -0.39 is 0 Å². The Kier molecular flexibility index (Phi) is 3.09. The molecule has 4 nitrogen and oxygen atoms in total. The summed E-state index contributed by atoms with van der Waals surface area (Å²) in [4.78, 5) is 6.76. The Balaban J connectivity index is 1.74. The SMILES string of the molecule is Nc1cc(Br)cc(CN2CCn3ccnc3C2)c1. The normalized spacial score (nSPS) is 15.6. The summed E-state index contributed by atoms with van der Waals surface area (Å²) in [6, 6.07) is 6.08. The van der Waals surface area contributed by atoms with E-state index in [1.54, 1.807) is 0 Å². The van der Waals surface area contributed by atoms with E-state index in [1.807, 2.05) is 24.5 Å². The molecule has 3 rings (SSSR count). The molecule has 1 aromatic carbocycles. The standard InChI is InChI=1S/C13H15BrN4/c14-11-5-10(6-12(15)7-11)8-17-3-4-18-2-1-16-13(18)9-17/h1-2,5-7H,3-4,8-9,15H2. The molecule has 1 aromatic heterocycles. The van der Waals surface area contributed by atoms with Gasteiger partial charge in [-0.2, -0.15) is 0 Å². The van der Waals surface area contributed by atoms with Crippen molar-refractivity contribution in [2.45, 2.75) is 19.6 Å². The van der Waals surface area contributed by atoms with Gasteiger partial charge in [-0.3, -0.25) is 4.90 Å². The van der Waals surface area contributed by atoms with E-state index in [2.05, 4.69) is 36.4 Å². The van der Waals surface area contributed by atoms with Gasteiger partial charge in [-0.25, -0.2) is 4.98 Å². The van der Waals surface area contributed by atoms with Gasteiger partial charge in [0.25, 0.3) is 0 Å². The number of rotatable bonds is 2. The number of halogens is 1. The Morgan fingerprint density at radius 3 is 3.00 bits per heavy atom. The molecule has 0 fully saturated rings. The highest BCUT2D eigenvalue weighted by Crippen LogP contribution is 2.20. The van der Waals surface area contributed by atoms with Gasteiger partial charge < -0.3 is 10.3 Å². The van der Waals surface area contributed by atoms with E-state index in [0.29, 0.717) is 0 Å². The summed E-state index contributed by atoms with van der Waals surface area (Å²) < 4.78 is 3.25. The van der Waals surface area contributed by atoms with Crippen LogP contribution >= 0.6 is 15.9 Å². The van der Waals surface area contributed by atoms with Gasteiger partial charge in [-0.1, -0.05) is 15.9 Å². The number of nitrogens with two attached hydrogens (primary N) is 1. The fraction of sp³-hybridized carbons (Fsp3) is 0.308. The molecule has 2 N–H and O–H groups in total. The first-order valence-corrected chi connectivity index (χ1v) is 6.77. The molecular weight excluding hydrogens is 292 g/mol. The zero-order valence-corrected chi connectivity index (χ0v) is 11.6. The van der Waals surface area contributed by atoms with Crippen molar-refractivity contribution in [3.05, 3.63) is 46.5 Å². The Labute approximate surface area is 115 Å². The average molecular weight is 307 g/mol. The lowest BCUT2D eigenvalue weighted by Gasteiger charge is -2.27. The highest BCUT2D eigenvalue weighted by molar-refractivity contribution is 9.10. The average Bonchev–Trinajstić information content (AvgIpc) is 2.74. The molecule has 0 saturated heterocycles. The summed E-state index contributed by atoms with van der Waals surface area (Å²) in [5.74, 6) is 1.14. The molecule has 0 spiro atoms. The van der Waals surface area contributed by atoms with Crippen LogP contribution < -0.4 is 5.73 Å². The molecule has 5 heteroatoms. The summed E-state index contributed by atoms with van der Waals surface area (Å²) in [6.07, 6.45) is 3.92. The number of benzene rings is 1. The monoisotopic (exact) mass is 306 g/mol. The summed E-state index contributed by atoms with van der Waals surface area (Å²) >= 11 is 3.48. The topological polar surface area (TPSA) is 47.1 Å². The Hall–Kier alpha value is -1.33. The quantitative estimate of drug-likeness (QED) is 0.866. The lowest BCUT2D eigenvalue weighted by atomic mass is 10.2. The second kappa shape index (κ2) is 4.74. The lowest BCUT2D eigenvalue weighted by molar-refractivity contribution is 0.209. The van der Waals surface area contributed by atoms with Gasteiger partial charge in [0.2, 0.25) is 0 Å². The minimum absolute atomic E-state index is 0.804. The second-order valence-electron chi connectivity index (χ2n) is 4.64. The molecule has 1 aliphatic heterocycles. The first kappa shape index (κ1) is 11.7. The molecule has 0 unspecified atom stereocenters. The van der Waals surface area contributed by atoms with Gasteiger partial charge in [0, 0.05) is 42.2 Å². The van der Waals surface area contributed by atoms with Crippen LogP contribution in [0.5, 0.6) is 0 Å². The van der Waals surface area contributed by atoms with Crippen LogP contribution in [0.4, 0.5) is 5.69 Å². The number of hydrogen-bond acceptors (Lipinski definition) is 3. The summed E-state index contributed by atoms with van der Waals surface area (Å²) in [5, 5.41) is 0. The molecule has 1 aliphatic rings. The number of nitrogens with zero attached hydrogens (tertiary/aromatic N) is 3. The van der Waals surface area contributed by atoms with Crippen LogP contribution in [0.3, 0.4) is 0 Å². The van der Waals surface area contributed by atoms with Crippen LogP contribution in [-0.2, 0) is 19.6 Å². The van der Waals surface area contributed by atoms with Crippen molar-refractivity contribution in [1.82, 2.24) is 14.5 Å². The highest BCUT2D eigenvalue weighted by atomic mass is 79.9. The molecule has 94 valence electrons. The molecule has 2 heterocycles. The maximum absolute atomic E-state index is 5.86. The smallest absolute Gasteiger partial charge is 0.122 e.